The van der Waals surface area contributed by atoms with Crippen LogP contribution in [0.3, 0.4) is 0 Å². The molecule has 0 spiro atoms. The lowest BCUT2D eigenvalue weighted by Gasteiger charge is -2.36. The molecule has 2 aromatic carbocycles. The largest absolute Gasteiger partial charge is 0.462 e. The van der Waals surface area contributed by atoms with Crippen molar-refractivity contribution >= 4 is 33.1 Å². The standard InChI is InChI=1S/C23H25FN2O2S/c1-2-28-23(27)22-16-19-20(4-3-5-21(19)29-22)26-14-12-25(13-15-26)11-10-17-6-8-18(24)9-7-17/h3-9,16H,2,10-15H2,1H3. The van der Waals surface area contributed by atoms with Crippen molar-refractivity contribution in [2.45, 2.75) is 13.3 Å². The van der Waals surface area contributed by atoms with Crippen LogP contribution in [0.5, 0.6) is 0 Å². The molecule has 1 fully saturated rings. The quantitative estimate of drug-likeness (QED) is 0.555. The van der Waals surface area contributed by atoms with Gasteiger partial charge in [-0.15, -0.1) is 11.3 Å². The van der Waals surface area contributed by atoms with Gasteiger partial charge in [-0.1, -0.05) is 18.2 Å². The second kappa shape index (κ2) is 8.93. The molecule has 152 valence electrons. The molecule has 3 aromatic rings. The average molecular weight is 413 g/mol. The monoisotopic (exact) mass is 412 g/mol. The first kappa shape index (κ1) is 19.9. The summed E-state index contributed by atoms with van der Waals surface area (Å²) in [6, 6.07) is 15.0. The highest BCUT2D eigenvalue weighted by atomic mass is 32.1. The van der Waals surface area contributed by atoms with E-state index in [1.807, 2.05) is 25.1 Å². The SMILES string of the molecule is CCOC(=O)c1cc2c(N3CCN(CCc4ccc(F)cc4)CC3)cccc2s1. The molecule has 6 heteroatoms. The van der Waals surface area contributed by atoms with Crippen LogP contribution in [0.15, 0.2) is 48.5 Å². The minimum atomic E-state index is -0.245. The molecule has 1 aromatic heterocycles. The number of ether oxygens (including phenoxy) is 1. The topological polar surface area (TPSA) is 32.8 Å². The summed E-state index contributed by atoms with van der Waals surface area (Å²) >= 11 is 1.49. The number of nitrogens with zero attached hydrogens (tertiary/aromatic N) is 2. The molecule has 4 nitrogen and oxygen atoms in total. The molecular weight excluding hydrogens is 387 g/mol. The normalized spacial score (nSPS) is 15.0. The Morgan fingerprint density at radius 2 is 1.86 bits per heavy atom. The predicted octanol–water partition coefficient (Wildman–Crippen LogP) is 4.58. The molecule has 0 bridgehead atoms. The summed E-state index contributed by atoms with van der Waals surface area (Å²) < 4.78 is 19.3. The van der Waals surface area contributed by atoms with Crippen molar-refractivity contribution in [3.63, 3.8) is 0 Å². The fourth-order valence-corrected chi connectivity index (χ4v) is 4.75. The second-order valence-corrected chi connectivity index (χ2v) is 8.31. The van der Waals surface area contributed by atoms with Gasteiger partial charge in [0, 0.05) is 48.5 Å². The van der Waals surface area contributed by atoms with Gasteiger partial charge in [0.1, 0.15) is 10.7 Å². The number of hydrogen-bond acceptors (Lipinski definition) is 5. The maximum atomic E-state index is 13.0. The molecule has 0 radical (unpaired) electrons. The molecule has 1 aliphatic heterocycles. The summed E-state index contributed by atoms with van der Waals surface area (Å²) in [4.78, 5) is 17.6. The molecule has 0 N–H and O–H groups in total. The van der Waals surface area contributed by atoms with E-state index in [0.717, 1.165) is 49.2 Å². The molecule has 1 saturated heterocycles. The van der Waals surface area contributed by atoms with E-state index in [9.17, 15) is 9.18 Å². The number of benzene rings is 2. The molecule has 0 aliphatic carbocycles. The van der Waals surface area contributed by atoms with Crippen molar-refractivity contribution in [3.05, 3.63) is 64.8 Å². The number of rotatable bonds is 6. The number of halogens is 1. The maximum absolute atomic E-state index is 13.0. The van der Waals surface area contributed by atoms with Crippen LogP contribution in [-0.4, -0.2) is 50.2 Å². The van der Waals surface area contributed by atoms with E-state index in [2.05, 4.69) is 28.0 Å². The van der Waals surface area contributed by atoms with Crippen LogP contribution < -0.4 is 4.90 Å². The van der Waals surface area contributed by atoms with Crippen LogP contribution in [0.2, 0.25) is 0 Å². The summed E-state index contributed by atoms with van der Waals surface area (Å²) in [5.41, 5.74) is 2.36. The number of carbonyl (C=O) groups is 1. The van der Waals surface area contributed by atoms with Crippen molar-refractivity contribution in [2.24, 2.45) is 0 Å². The van der Waals surface area contributed by atoms with Crippen molar-refractivity contribution in [2.75, 3.05) is 44.2 Å². The summed E-state index contributed by atoms with van der Waals surface area (Å²) in [5, 5.41) is 1.13. The first-order chi connectivity index (χ1) is 14.1. The Bertz CT molecular complexity index is 978. The number of esters is 1. The second-order valence-electron chi connectivity index (χ2n) is 7.23. The summed E-state index contributed by atoms with van der Waals surface area (Å²) in [5.74, 6) is -0.429. The van der Waals surface area contributed by atoms with Crippen molar-refractivity contribution in [3.8, 4) is 0 Å². The van der Waals surface area contributed by atoms with Crippen LogP contribution in [-0.2, 0) is 11.2 Å². The van der Waals surface area contributed by atoms with E-state index < -0.39 is 0 Å². The molecular formula is C23H25FN2O2S. The lowest BCUT2D eigenvalue weighted by molar-refractivity contribution is 0.0532. The van der Waals surface area contributed by atoms with E-state index in [0.29, 0.717) is 11.5 Å². The maximum Gasteiger partial charge on any atom is 0.348 e. The van der Waals surface area contributed by atoms with Gasteiger partial charge in [0.15, 0.2) is 0 Å². The zero-order valence-electron chi connectivity index (χ0n) is 16.6. The van der Waals surface area contributed by atoms with Gasteiger partial charge in [-0.05, 0) is 49.2 Å². The smallest absolute Gasteiger partial charge is 0.348 e. The van der Waals surface area contributed by atoms with E-state index in [4.69, 9.17) is 4.74 Å². The van der Waals surface area contributed by atoms with E-state index in [1.165, 1.54) is 34.7 Å². The van der Waals surface area contributed by atoms with Gasteiger partial charge < -0.3 is 9.64 Å². The third-order valence-corrected chi connectivity index (χ3v) is 6.44. The third-order valence-electron chi connectivity index (χ3n) is 5.36. The first-order valence-electron chi connectivity index (χ1n) is 10.1. The van der Waals surface area contributed by atoms with Gasteiger partial charge >= 0.3 is 5.97 Å². The molecule has 0 amide bonds. The Balaban J connectivity index is 1.39. The molecule has 0 atom stereocenters. The highest BCUT2D eigenvalue weighted by Crippen LogP contribution is 2.34. The number of fused-ring (bicyclic) bond motifs is 1. The number of thiophene rings is 1. The number of anilines is 1. The molecule has 0 saturated carbocycles. The minimum absolute atomic E-state index is 0.184. The minimum Gasteiger partial charge on any atom is -0.462 e. The zero-order chi connectivity index (χ0) is 20.2. The van der Waals surface area contributed by atoms with Crippen molar-refractivity contribution < 1.29 is 13.9 Å². The molecule has 2 heterocycles. The first-order valence-corrected chi connectivity index (χ1v) is 10.9. The van der Waals surface area contributed by atoms with Gasteiger partial charge in [0.05, 0.1) is 6.61 Å². The number of carbonyl (C=O) groups excluding carboxylic acids is 1. The van der Waals surface area contributed by atoms with Gasteiger partial charge in [-0.2, -0.15) is 0 Å². The Morgan fingerprint density at radius 3 is 2.59 bits per heavy atom. The van der Waals surface area contributed by atoms with E-state index in [1.54, 1.807) is 0 Å². The van der Waals surface area contributed by atoms with Crippen molar-refractivity contribution in [1.29, 1.82) is 0 Å². The van der Waals surface area contributed by atoms with Crippen LogP contribution in [0.1, 0.15) is 22.2 Å². The highest BCUT2D eigenvalue weighted by molar-refractivity contribution is 7.20. The Labute approximate surface area is 174 Å². The lowest BCUT2D eigenvalue weighted by atomic mass is 10.1. The van der Waals surface area contributed by atoms with Crippen LogP contribution in [0.25, 0.3) is 10.1 Å². The van der Waals surface area contributed by atoms with E-state index >= 15 is 0 Å². The molecule has 0 unspecified atom stereocenters. The summed E-state index contributed by atoms with van der Waals surface area (Å²) in [7, 11) is 0. The lowest BCUT2D eigenvalue weighted by Crippen LogP contribution is -2.47. The zero-order valence-corrected chi connectivity index (χ0v) is 17.4. The van der Waals surface area contributed by atoms with Crippen LogP contribution in [0.4, 0.5) is 10.1 Å². The number of hydrogen-bond donors (Lipinski definition) is 0. The van der Waals surface area contributed by atoms with Crippen LogP contribution >= 0.6 is 11.3 Å². The van der Waals surface area contributed by atoms with E-state index in [-0.39, 0.29) is 11.8 Å². The fraction of sp³-hybridized carbons (Fsp3) is 0.348. The van der Waals surface area contributed by atoms with Gasteiger partial charge in [0.25, 0.3) is 0 Å². The third kappa shape index (κ3) is 4.60. The Morgan fingerprint density at radius 1 is 1.10 bits per heavy atom. The fourth-order valence-electron chi connectivity index (χ4n) is 3.77. The van der Waals surface area contributed by atoms with Crippen molar-refractivity contribution in [1.82, 2.24) is 4.90 Å². The van der Waals surface area contributed by atoms with Gasteiger partial charge in [0.2, 0.25) is 0 Å². The number of piperazine rings is 1. The Hall–Kier alpha value is -2.44. The molecule has 4 rings (SSSR count). The highest BCUT2D eigenvalue weighted by Gasteiger charge is 2.20. The predicted molar refractivity (Wildman–Crippen MR) is 117 cm³/mol. The van der Waals surface area contributed by atoms with Gasteiger partial charge in [-0.3, -0.25) is 4.90 Å². The Kier molecular flexibility index (Phi) is 6.11. The summed E-state index contributed by atoms with van der Waals surface area (Å²) in [6.45, 7) is 7.08. The summed E-state index contributed by atoms with van der Waals surface area (Å²) in [6.07, 6.45) is 0.934. The molecule has 29 heavy (non-hydrogen) atoms. The average Bonchev–Trinajstić information content (AvgIpc) is 3.19. The molecule has 1 aliphatic rings. The van der Waals surface area contributed by atoms with Gasteiger partial charge in [-0.25, -0.2) is 9.18 Å². The van der Waals surface area contributed by atoms with Crippen LogP contribution in [0, 0.1) is 5.82 Å².